The number of anilines is 3. The molecule has 3 atom stereocenters. The number of ether oxygens (including phenoxy) is 1. The molecule has 0 bridgehead atoms. The van der Waals surface area contributed by atoms with E-state index < -0.39 is 32.5 Å². The summed E-state index contributed by atoms with van der Waals surface area (Å²) in [5.74, 6) is -0.000734. The number of ketones is 1. The number of hydrogen-bond acceptors (Lipinski definition) is 18. The van der Waals surface area contributed by atoms with Crippen LogP contribution in [0.3, 0.4) is 0 Å². The lowest BCUT2D eigenvalue weighted by molar-refractivity contribution is -0.139. The van der Waals surface area contributed by atoms with Gasteiger partial charge < -0.3 is 35.4 Å². The molecule has 3 aliphatic rings. The fraction of sp³-hybridized carbons (Fsp3) is 0.472. The molecule has 24 heteroatoms. The van der Waals surface area contributed by atoms with Gasteiger partial charge in [0, 0.05) is 86.0 Å². The van der Waals surface area contributed by atoms with Gasteiger partial charge in [-0.1, -0.05) is 0 Å². The van der Waals surface area contributed by atoms with E-state index in [-0.39, 0.29) is 64.1 Å². The van der Waals surface area contributed by atoms with Gasteiger partial charge in [0.05, 0.1) is 34.7 Å². The number of carbonyl (C=O) groups is 4. The van der Waals surface area contributed by atoms with Crippen LogP contribution in [0.15, 0.2) is 65.4 Å². The molecule has 2 aromatic carbocycles. The van der Waals surface area contributed by atoms with E-state index in [1.807, 2.05) is 13.8 Å². The van der Waals surface area contributed by atoms with E-state index in [0.29, 0.717) is 111 Å². The van der Waals surface area contributed by atoms with Crippen LogP contribution in [0.4, 0.5) is 21.8 Å². The Labute approximate surface area is 450 Å². The zero-order valence-corrected chi connectivity index (χ0v) is 45.9. The van der Waals surface area contributed by atoms with Gasteiger partial charge in [0.15, 0.2) is 15.7 Å². The SMILES string of the molecule is CN[C@@H](C)C(=O)NC(C(=O)N1CCC[C@H]1c1nc(C(=O)c2ccc(F)cc2)cs1)C1CCN(C(=O)c2cnc(N3CCN(CCOc4cc5ncnc(Nc6n[nH]c(C)c6C)c5cc4S(=O)(=O)C(C)(C)C)CC3)cn2)CC1. The van der Waals surface area contributed by atoms with Crippen molar-refractivity contribution in [2.75, 3.05) is 76.2 Å². The zero-order chi connectivity index (χ0) is 54.8. The third kappa shape index (κ3) is 11.8. The van der Waals surface area contributed by atoms with Gasteiger partial charge in [-0.3, -0.25) is 29.2 Å². The van der Waals surface area contributed by atoms with Gasteiger partial charge in [-0.2, -0.15) is 5.10 Å². The summed E-state index contributed by atoms with van der Waals surface area (Å²) in [6.45, 7) is 15.1. The van der Waals surface area contributed by atoms with Gasteiger partial charge in [-0.05, 0) is 111 Å². The topological polar surface area (TPSA) is 254 Å². The van der Waals surface area contributed by atoms with Gasteiger partial charge >= 0.3 is 0 Å². The number of fused-ring (bicyclic) bond motifs is 1. The second kappa shape index (κ2) is 22.9. The van der Waals surface area contributed by atoms with Crippen molar-refractivity contribution < 1.29 is 36.7 Å². The number of halogens is 1. The van der Waals surface area contributed by atoms with Crippen LogP contribution in [0.5, 0.6) is 5.75 Å². The van der Waals surface area contributed by atoms with Crippen molar-refractivity contribution in [3.63, 3.8) is 0 Å². The number of likely N-dealkylation sites (tertiary alicyclic amines) is 2. The normalized spacial score (nSPS) is 17.6. The first-order valence-electron chi connectivity index (χ1n) is 25.9. The molecule has 7 heterocycles. The van der Waals surface area contributed by atoms with Crippen molar-refractivity contribution in [3.8, 4) is 5.75 Å². The molecule has 408 valence electrons. The molecule has 4 aromatic heterocycles. The largest absolute Gasteiger partial charge is 0.491 e. The fourth-order valence-corrected chi connectivity index (χ4v) is 12.0. The lowest BCUT2D eigenvalue weighted by Gasteiger charge is -2.38. The van der Waals surface area contributed by atoms with Crippen LogP contribution in [-0.2, 0) is 19.4 Å². The fourth-order valence-electron chi connectivity index (χ4n) is 9.76. The lowest BCUT2D eigenvalue weighted by atomic mass is 9.88. The highest BCUT2D eigenvalue weighted by atomic mass is 32.2. The summed E-state index contributed by atoms with van der Waals surface area (Å²) in [6, 6.07) is 6.74. The summed E-state index contributed by atoms with van der Waals surface area (Å²) < 4.78 is 46.7. The predicted molar refractivity (Wildman–Crippen MR) is 289 cm³/mol. The van der Waals surface area contributed by atoms with Gasteiger partial charge in [-0.15, -0.1) is 11.3 Å². The van der Waals surface area contributed by atoms with E-state index in [4.69, 9.17) is 4.74 Å². The van der Waals surface area contributed by atoms with Gasteiger partial charge in [-0.25, -0.2) is 37.7 Å². The summed E-state index contributed by atoms with van der Waals surface area (Å²) in [4.78, 5) is 85.5. The number of thiazole rings is 1. The first-order valence-corrected chi connectivity index (χ1v) is 28.2. The Bertz CT molecular complexity index is 3240. The number of benzene rings is 2. The summed E-state index contributed by atoms with van der Waals surface area (Å²) in [5, 5.41) is 19.3. The van der Waals surface area contributed by atoms with Crippen molar-refractivity contribution in [1.82, 2.24) is 60.5 Å². The number of sulfone groups is 1. The minimum absolute atomic E-state index is 0.0544. The number of piperidine rings is 1. The molecule has 0 spiro atoms. The van der Waals surface area contributed by atoms with Crippen LogP contribution in [0.2, 0.25) is 0 Å². The number of aromatic amines is 1. The molecule has 3 aliphatic heterocycles. The number of rotatable bonds is 17. The molecular weight excluding hydrogens is 1030 g/mol. The average molecular weight is 1090 g/mol. The van der Waals surface area contributed by atoms with Crippen LogP contribution in [0.1, 0.15) is 102 Å². The number of piperazine rings is 1. The molecule has 1 unspecified atom stereocenters. The zero-order valence-electron chi connectivity index (χ0n) is 44.3. The summed E-state index contributed by atoms with van der Waals surface area (Å²) in [7, 11) is -2.19. The van der Waals surface area contributed by atoms with Gasteiger partial charge in [0.1, 0.15) is 63.5 Å². The lowest BCUT2D eigenvalue weighted by Crippen LogP contribution is -2.57. The Hall–Kier alpha value is -7.02. The van der Waals surface area contributed by atoms with Crippen LogP contribution in [0.25, 0.3) is 10.9 Å². The molecule has 0 radical (unpaired) electrons. The standard InChI is InChI=1S/C53H65FN14O7S2/c1-31-32(2)63-64-47(31)62-48-37-25-43(77(73,74)53(4,5)6)42(26-38(37)58-30-59-48)75-24-23-65-19-21-66(22-20-65)44-28-56-39(27-57-44)51(71)67-17-14-34(15-18-67)45(61-49(70)33(3)55-7)52(72)68-16-8-9-41(68)50-60-40(29-76-50)46(69)35-10-12-36(54)13-11-35/h10-13,25-30,33-34,41,45,55H,8-9,14-24H2,1-7H3,(H,61,70)(H2,58,59,62,63,64)/t33-,41-,45?/m0/s1. The second-order valence-corrected chi connectivity index (χ2v) is 24.3. The van der Waals surface area contributed by atoms with E-state index in [9.17, 15) is 32.0 Å². The molecule has 21 nitrogen and oxygen atoms in total. The van der Waals surface area contributed by atoms with E-state index >= 15 is 0 Å². The van der Waals surface area contributed by atoms with Crippen LogP contribution < -0.4 is 25.6 Å². The number of nitrogens with zero attached hydrogens (tertiary/aromatic N) is 10. The number of hydrogen-bond donors (Lipinski definition) is 4. The third-order valence-electron chi connectivity index (χ3n) is 14.9. The predicted octanol–water partition coefficient (Wildman–Crippen LogP) is 5.41. The highest BCUT2D eigenvalue weighted by Crippen LogP contribution is 2.39. The monoisotopic (exact) mass is 1090 g/mol. The Kier molecular flexibility index (Phi) is 16.3. The highest BCUT2D eigenvalue weighted by Gasteiger charge is 2.42. The van der Waals surface area contributed by atoms with Crippen molar-refractivity contribution in [1.29, 1.82) is 0 Å². The van der Waals surface area contributed by atoms with Crippen LogP contribution in [-0.4, -0.2) is 165 Å². The Morgan fingerprint density at radius 3 is 2.31 bits per heavy atom. The van der Waals surface area contributed by atoms with E-state index in [0.717, 1.165) is 17.7 Å². The molecule has 3 amide bonds. The van der Waals surface area contributed by atoms with E-state index in [1.165, 1.54) is 48.1 Å². The average Bonchev–Trinajstić information content (AvgIpc) is 4.24. The Morgan fingerprint density at radius 1 is 0.909 bits per heavy atom. The number of amides is 3. The summed E-state index contributed by atoms with van der Waals surface area (Å²) in [5.41, 5.74) is 3.07. The van der Waals surface area contributed by atoms with Crippen molar-refractivity contribution in [2.45, 2.75) is 95.0 Å². The molecule has 9 rings (SSSR count). The maximum atomic E-state index is 14.6. The molecule has 0 saturated carbocycles. The quantitative estimate of drug-likeness (QED) is 0.0833. The minimum Gasteiger partial charge on any atom is -0.491 e. The van der Waals surface area contributed by atoms with E-state index in [2.05, 4.69) is 60.9 Å². The molecule has 3 saturated heterocycles. The number of aromatic nitrogens is 7. The Balaban J connectivity index is 0.787. The van der Waals surface area contributed by atoms with Crippen LogP contribution in [0, 0.1) is 25.6 Å². The Morgan fingerprint density at radius 2 is 1.65 bits per heavy atom. The molecule has 6 aromatic rings. The first kappa shape index (κ1) is 54.8. The first-order chi connectivity index (χ1) is 36.8. The van der Waals surface area contributed by atoms with Crippen LogP contribution >= 0.6 is 11.3 Å². The molecule has 77 heavy (non-hydrogen) atoms. The summed E-state index contributed by atoms with van der Waals surface area (Å²) >= 11 is 1.30. The number of carbonyl (C=O) groups excluding carboxylic acids is 4. The molecule has 3 fully saturated rings. The second-order valence-electron chi connectivity index (χ2n) is 20.8. The maximum Gasteiger partial charge on any atom is 0.274 e. The minimum atomic E-state index is -3.86. The van der Waals surface area contributed by atoms with Crippen molar-refractivity contribution in [3.05, 3.63) is 99.5 Å². The number of aryl methyl sites for hydroxylation is 1. The smallest absolute Gasteiger partial charge is 0.274 e. The number of likely N-dealkylation sites (N-methyl/N-ethyl adjacent to an activating group) is 1. The molecular formula is C53H65FN14O7S2. The highest BCUT2D eigenvalue weighted by molar-refractivity contribution is 7.92. The van der Waals surface area contributed by atoms with Gasteiger partial charge in [0.2, 0.25) is 17.6 Å². The van der Waals surface area contributed by atoms with Crippen molar-refractivity contribution in [2.24, 2.45) is 5.92 Å². The summed E-state index contributed by atoms with van der Waals surface area (Å²) in [6.07, 6.45) is 6.81. The number of H-pyrrole nitrogens is 1. The molecule has 0 aliphatic carbocycles. The van der Waals surface area contributed by atoms with E-state index in [1.54, 1.807) is 68.3 Å². The van der Waals surface area contributed by atoms with Gasteiger partial charge in [0.25, 0.3) is 5.91 Å². The number of nitrogens with one attached hydrogen (secondary N) is 4. The van der Waals surface area contributed by atoms with Crippen molar-refractivity contribution >= 4 is 73.0 Å². The maximum absolute atomic E-state index is 14.6. The third-order valence-corrected chi connectivity index (χ3v) is 18.3. The molecule has 4 N–H and O–H groups in total.